The quantitative estimate of drug-likeness (QED) is 0.793. The molecule has 2 saturated heterocycles. The molecule has 2 fully saturated rings. The number of likely N-dealkylation sites (N-methyl/N-ethyl adjacent to an activating group) is 1. The smallest absolute Gasteiger partial charge is 0.282 e. The molecular weight excluding hydrogens is 266 g/mol. The average Bonchev–Trinajstić information content (AvgIpc) is 2.81. The summed E-state index contributed by atoms with van der Waals surface area (Å²) in [5.41, 5.74) is 0. The molecule has 0 saturated carbocycles. The maximum Gasteiger partial charge on any atom is 0.282 e. The zero-order valence-corrected chi connectivity index (χ0v) is 12.8. The summed E-state index contributed by atoms with van der Waals surface area (Å²) in [5, 5.41) is 3.09. The number of hydrogen-bond donors (Lipinski definition) is 1. The first-order valence-electron chi connectivity index (χ1n) is 7.01. The third kappa shape index (κ3) is 3.11. The lowest BCUT2D eigenvalue weighted by atomic mass is 10.2. The SMILES string of the molecule is CNC[C@@H]1CCCN1S(=O)(=O)N1C[C@@H](C)OC[C@@H]1C. The van der Waals surface area contributed by atoms with E-state index >= 15 is 0 Å². The van der Waals surface area contributed by atoms with Crippen molar-refractivity contribution in [3.63, 3.8) is 0 Å². The molecule has 0 spiro atoms. The summed E-state index contributed by atoms with van der Waals surface area (Å²) in [7, 11) is -1.50. The van der Waals surface area contributed by atoms with Gasteiger partial charge in [-0.1, -0.05) is 0 Å². The van der Waals surface area contributed by atoms with Gasteiger partial charge in [-0.2, -0.15) is 17.0 Å². The second-order valence-corrected chi connectivity index (χ2v) is 7.37. The molecule has 19 heavy (non-hydrogen) atoms. The van der Waals surface area contributed by atoms with Gasteiger partial charge in [-0.25, -0.2) is 0 Å². The van der Waals surface area contributed by atoms with Crippen LogP contribution in [0.1, 0.15) is 26.7 Å². The number of ether oxygens (including phenoxy) is 1. The standard InChI is InChI=1S/C12H25N3O3S/c1-10-9-18-11(2)8-15(10)19(16,17)14-6-4-5-12(14)7-13-3/h10-13H,4-9H2,1-3H3/t10-,11+,12-/m0/s1. The van der Waals surface area contributed by atoms with Gasteiger partial charge >= 0.3 is 0 Å². The van der Waals surface area contributed by atoms with Crippen LogP contribution in [0.25, 0.3) is 0 Å². The summed E-state index contributed by atoms with van der Waals surface area (Å²) in [4.78, 5) is 0. The Labute approximate surface area is 116 Å². The fraction of sp³-hybridized carbons (Fsp3) is 1.00. The number of morpholine rings is 1. The summed E-state index contributed by atoms with van der Waals surface area (Å²) in [6.07, 6.45) is 1.85. The molecule has 0 aliphatic carbocycles. The normalized spacial score (nSPS) is 34.8. The first-order valence-corrected chi connectivity index (χ1v) is 8.41. The van der Waals surface area contributed by atoms with Crippen LogP contribution < -0.4 is 5.32 Å². The summed E-state index contributed by atoms with van der Waals surface area (Å²) < 4.78 is 34.4. The molecule has 0 unspecified atom stereocenters. The molecule has 2 heterocycles. The molecule has 2 rings (SSSR count). The number of nitrogens with zero attached hydrogens (tertiary/aromatic N) is 2. The molecule has 3 atom stereocenters. The van der Waals surface area contributed by atoms with Crippen molar-refractivity contribution in [1.82, 2.24) is 13.9 Å². The highest BCUT2D eigenvalue weighted by atomic mass is 32.2. The van der Waals surface area contributed by atoms with Gasteiger partial charge in [-0.3, -0.25) is 0 Å². The van der Waals surface area contributed by atoms with E-state index in [0.29, 0.717) is 26.2 Å². The Morgan fingerprint density at radius 3 is 2.74 bits per heavy atom. The van der Waals surface area contributed by atoms with Crippen molar-refractivity contribution in [3.05, 3.63) is 0 Å². The molecule has 0 radical (unpaired) electrons. The molecule has 0 aromatic heterocycles. The van der Waals surface area contributed by atoms with Gasteiger partial charge < -0.3 is 10.1 Å². The second-order valence-electron chi connectivity index (χ2n) is 5.53. The lowest BCUT2D eigenvalue weighted by molar-refractivity contribution is -0.0192. The molecule has 1 N–H and O–H groups in total. The predicted octanol–water partition coefficient (Wildman–Crippen LogP) is 0.0242. The molecule has 0 amide bonds. The van der Waals surface area contributed by atoms with Crippen LogP contribution in [0.2, 0.25) is 0 Å². The Balaban J connectivity index is 2.16. The summed E-state index contributed by atoms with van der Waals surface area (Å²) in [5.74, 6) is 0. The van der Waals surface area contributed by atoms with Crippen molar-refractivity contribution in [2.45, 2.75) is 44.9 Å². The Kier molecular flexibility index (Phi) is 4.84. The zero-order valence-electron chi connectivity index (χ0n) is 12.0. The van der Waals surface area contributed by atoms with Gasteiger partial charge in [0, 0.05) is 31.7 Å². The highest BCUT2D eigenvalue weighted by Crippen LogP contribution is 2.26. The lowest BCUT2D eigenvalue weighted by Gasteiger charge is -2.39. The van der Waals surface area contributed by atoms with Crippen molar-refractivity contribution < 1.29 is 13.2 Å². The van der Waals surface area contributed by atoms with Crippen LogP contribution in [-0.2, 0) is 14.9 Å². The van der Waals surface area contributed by atoms with E-state index in [1.165, 1.54) is 0 Å². The lowest BCUT2D eigenvalue weighted by Crippen LogP contribution is -2.56. The first kappa shape index (κ1) is 15.2. The van der Waals surface area contributed by atoms with Crippen LogP contribution in [0.3, 0.4) is 0 Å². The molecule has 0 aromatic rings. The second kappa shape index (κ2) is 6.05. The van der Waals surface area contributed by atoms with E-state index in [0.717, 1.165) is 12.8 Å². The summed E-state index contributed by atoms with van der Waals surface area (Å²) in [6.45, 7) is 6.11. The monoisotopic (exact) mass is 291 g/mol. The first-order chi connectivity index (χ1) is 8.96. The van der Waals surface area contributed by atoms with Crippen molar-refractivity contribution in [2.24, 2.45) is 0 Å². The van der Waals surface area contributed by atoms with E-state index in [4.69, 9.17) is 4.74 Å². The Hall–Kier alpha value is -0.210. The highest BCUT2D eigenvalue weighted by Gasteiger charge is 2.41. The minimum absolute atomic E-state index is 0.0312. The van der Waals surface area contributed by atoms with Crippen LogP contribution >= 0.6 is 0 Å². The molecule has 6 nitrogen and oxygen atoms in total. The molecule has 2 aliphatic rings. The van der Waals surface area contributed by atoms with Crippen molar-refractivity contribution in [1.29, 1.82) is 0 Å². The third-order valence-electron chi connectivity index (χ3n) is 3.91. The van der Waals surface area contributed by atoms with E-state index in [1.54, 1.807) is 8.61 Å². The van der Waals surface area contributed by atoms with E-state index in [2.05, 4.69) is 5.32 Å². The molecule has 112 valence electrons. The van der Waals surface area contributed by atoms with Gasteiger partial charge in [-0.15, -0.1) is 0 Å². The largest absolute Gasteiger partial charge is 0.375 e. The maximum absolute atomic E-state index is 12.8. The number of nitrogens with one attached hydrogen (secondary N) is 1. The molecular formula is C12H25N3O3S. The predicted molar refractivity (Wildman–Crippen MR) is 74.2 cm³/mol. The number of rotatable bonds is 4. The van der Waals surface area contributed by atoms with Crippen molar-refractivity contribution in [2.75, 3.05) is 33.3 Å². The van der Waals surface area contributed by atoms with Crippen LogP contribution in [0.15, 0.2) is 0 Å². The van der Waals surface area contributed by atoms with E-state index < -0.39 is 10.2 Å². The molecule has 0 aromatic carbocycles. The van der Waals surface area contributed by atoms with E-state index in [-0.39, 0.29) is 18.2 Å². The Bertz CT molecular complexity index is 401. The van der Waals surface area contributed by atoms with Gasteiger partial charge in [0.15, 0.2) is 0 Å². The summed E-state index contributed by atoms with van der Waals surface area (Å²) >= 11 is 0. The highest BCUT2D eigenvalue weighted by molar-refractivity contribution is 7.86. The fourth-order valence-corrected chi connectivity index (χ4v) is 4.98. The zero-order chi connectivity index (χ0) is 14.0. The molecule has 2 aliphatic heterocycles. The Morgan fingerprint density at radius 2 is 2.05 bits per heavy atom. The van der Waals surface area contributed by atoms with Gasteiger partial charge in [0.25, 0.3) is 10.2 Å². The van der Waals surface area contributed by atoms with E-state index in [1.807, 2.05) is 20.9 Å². The number of hydrogen-bond acceptors (Lipinski definition) is 4. The van der Waals surface area contributed by atoms with Crippen LogP contribution in [-0.4, -0.2) is 68.5 Å². The van der Waals surface area contributed by atoms with Crippen molar-refractivity contribution in [3.8, 4) is 0 Å². The van der Waals surface area contributed by atoms with Crippen molar-refractivity contribution >= 4 is 10.2 Å². The van der Waals surface area contributed by atoms with E-state index in [9.17, 15) is 8.42 Å². The van der Waals surface area contributed by atoms with Crippen LogP contribution in [0.5, 0.6) is 0 Å². The summed E-state index contributed by atoms with van der Waals surface area (Å²) in [6, 6.07) is -0.00242. The average molecular weight is 291 g/mol. The minimum atomic E-state index is -3.37. The molecule has 7 heteroatoms. The minimum Gasteiger partial charge on any atom is -0.375 e. The fourth-order valence-electron chi connectivity index (χ4n) is 2.88. The third-order valence-corrected chi connectivity index (χ3v) is 6.08. The van der Waals surface area contributed by atoms with Gasteiger partial charge in [0.1, 0.15) is 0 Å². The van der Waals surface area contributed by atoms with Crippen LogP contribution in [0, 0.1) is 0 Å². The van der Waals surface area contributed by atoms with Gasteiger partial charge in [0.05, 0.1) is 12.7 Å². The van der Waals surface area contributed by atoms with Gasteiger partial charge in [-0.05, 0) is 33.7 Å². The molecule has 0 bridgehead atoms. The maximum atomic E-state index is 12.8. The van der Waals surface area contributed by atoms with Crippen LogP contribution in [0.4, 0.5) is 0 Å². The topological polar surface area (TPSA) is 61.9 Å². The van der Waals surface area contributed by atoms with Gasteiger partial charge in [0.2, 0.25) is 0 Å². The Morgan fingerprint density at radius 1 is 1.32 bits per heavy atom.